The minimum atomic E-state index is -0.616. The molecule has 0 radical (unpaired) electrons. The standard InChI is InChI=1S/C28H31NO6/c1-16-24(28(31)35-18-8-4-5-9-18)25(19-10-6-11-23(32-2)27(19)33-3)26-20(29-16)14-17(15-21(26)30)22-12-7-13-34-22/h6-7,10-13,17-18,25,29H,4-5,8-9,14-15H2,1-3H3/t17-,25+/m1/s1. The van der Waals surface area contributed by atoms with Crippen LogP contribution < -0.4 is 14.8 Å². The van der Waals surface area contributed by atoms with Crippen molar-refractivity contribution in [2.75, 3.05) is 14.2 Å². The van der Waals surface area contributed by atoms with Crippen molar-refractivity contribution in [3.05, 3.63) is 70.5 Å². The van der Waals surface area contributed by atoms with E-state index in [1.165, 1.54) is 0 Å². The number of benzene rings is 1. The second-order valence-corrected chi connectivity index (χ2v) is 9.43. The normalized spacial score (nSPS) is 22.7. The number of esters is 1. The Hall–Kier alpha value is -3.48. The molecule has 1 saturated carbocycles. The van der Waals surface area contributed by atoms with Gasteiger partial charge in [0.25, 0.3) is 0 Å². The van der Waals surface area contributed by atoms with E-state index in [9.17, 15) is 9.59 Å². The Balaban J connectivity index is 1.61. The molecule has 35 heavy (non-hydrogen) atoms. The second-order valence-electron chi connectivity index (χ2n) is 9.43. The summed E-state index contributed by atoms with van der Waals surface area (Å²) < 4.78 is 22.8. The van der Waals surface area contributed by atoms with Crippen LogP contribution in [0.4, 0.5) is 0 Å². The van der Waals surface area contributed by atoms with Gasteiger partial charge in [-0.15, -0.1) is 0 Å². The lowest BCUT2D eigenvalue weighted by atomic mass is 9.72. The molecule has 0 unspecified atom stereocenters. The van der Waals surface area contributed by atoms with Crippen molar-refractivity contribution in [1.82, 2.24) is 5.32 Å². The summed E-state index contributed by atoms with van der Waals surface area (Å²) in [6.45, 7) is 1.87. The maximum Gasteiger partial charge on any atom is 0.337 e. The van der Waals surface area contributed by atoms with E-state index in [-0.39, 0.29) is 23.8 Å². The molecule has 7 heteroatoms. The van der Waals surface area contributed by atoms with Gasteiger partial charge in [-0.3, -0.25) is 4.79 Å². The van der Waals surface area contributed by atoms with Gasteiger partial charge in [0.15, 0.2) is 17.3 Å². The lowest BCUT2D eigenvalue weighted by molar-refractivity contribution is -0.144. The Morgan fingerprint density at radius 1 is 1.06 bits per heavy atom. The highest BCUT2D eigenvalue weighted by Crippen LogP contribution is 2.49. The topological polar surface area (TPSA) is 87.0 Å². The van der Waals surface area contributed by atoms with E-state index in [1.54, 1.807) is 26.5 Å². The van der Waals surface area contributed by atoms with Crippen LogP contribution in [-0.2, 0) is 14.3 Å². The van der Waals surface area contributed by atoms with Crippen LogP contribution in [0, 0.1) is 0 Å². The summed E-state index contributed by atoms with van der Waals surface area (Å²) in [5, 5.41) is 3.39. The molecule has 5 rings (SSSR count). The number of allylic oxidation sites excluding steroid dienone is 3. The molecule has 1 aromatic carbocycles. The molecule has 0 spiro atoms. The maximum atomic E-state index is 13.7. The van der Waals surface area contributed by atoms with Crippen LogP contribution in [0.5, 0.6) is 11.5 Å². The van der Waals surface area contributed by atoms with Crippen molar-refractivity contribution in [3.63, 3.8) is 0 Å². The number of hydrogen-bond donors (Lipinski definition) is 1. The van der Waals surface area contributed by atoms with Gasteiger partial charge in [0.1, 0.15) is 11.9 Å². The molecular formula is C28H31NO6. The molecule has 0 bridgehead atoms. The fraction of sp³-hybridized carbons (Fsp3) is 0.429. The number of ether oxygens (including phenoxy) is 3. The maximum absolute atomic E-state index is 13.7. The Kier molecular flexibility index (Phi) is 6.41. The molecule has 0 amide bonds. The third-order valence-electron chi connectivity index (χ3n) is 7.31. The summed E-state index contributed by atoms with van der Waals surface area (Å²) in [6, 6.07) is 9.30. The predicted octanol–water partition coefficient (Wildman–Crippen LogP) is 5.14. The van der Waals surface area contributed by atoms with Gasteiger partial charge >= 0.3 is 5.97 Å². The van der Waals surface area contributed by atoms with Gasteiger partial charge in [-0.05, 0) is 57.2 Å². The number of para-hydroxylation sites is 1. The van der Waals surface area contributed by atoms with Crippen LogP contribution in [0.3, 0.4) is 0 Å². The molecular weight excluding hydrogens is 446 g/mol. The van der Waals surface area contributed by atoms with Gasteiger partial charge in [-0.1, -0.05) is 12.1 Å². The molecule has 184 valence electrons. The average molecular weight is 478 g/mol. The number of carbonyl (C=O) groups is 2. The third-order valence-corrected chi connectivity index (χ3v) is 7.31. The zero-order valence-corrected chi connectivity index (χ0v) is 20.4. The highest BCUT2D eigenvalue weighted by atomic mass is 16.5. The first-order chi connectivity index (χ1) is 17.0. The van der Waals surface area contributed by atoms with Crippen LogP contribution in [0.1, 0.15) is 68.6 Å². The molecule has 0 saturated heterocycles. The van der Waals surface area contributed by atoms with Gasteiger partial charge in [0.2, 0.25) is 0 Å². The number of ketones is 1. The Morgan fingerprint density at radius 3 is 2.54 bits per heavy atom. The Bertz CT molecular complexity index is 1190. The molecule has 2 heterocycles. The van der Waals surface area contributed by atoms with Crippen molar-refractivity contribution < 1.29 is 28.2 Å². The van der Waals surface area contributed by atoms with E-state index < -0.39 is 5.92 Å². The molecule has 1 aliphatic heterocycles. The van der Waals surface area contributed by atoms with Gasteiger partial charge in [0.05, 0.1) is 32.0 Å². The van der Waals surface area contributed by atoms with E-state index in [2.05, 4.69) is 5.32 Å². The number of Topliss-reactive ketones (excluding diaryl/α,β-unsaturated/α-hetero) is 1. The lowest BCUT2D eigenvalue weighted by Gasteiger charge is -2.37. The number of nitrogens with one attached hydrogen (secondary N) is 1. The molecule has 3 aliphatic rings. The van der Waals surface area contributed by atoms with Crippen LogP contribution in [0.25, 0.3) is 0 Å². The van der Waals surface area contributed by atoms with Gasteiger partial charge in [-0.2, -0.15) is 0 Å². The molecule has 1 N–H and O–H groups in total. The quantitative estimate of drug-likeness (QED) is 0.576. The molecule has 7 nitrogen and oxygen atoms in total. The zero-order valence-electron chi connectivity index (χ0n) is 20.4. The van der Waals surface area contributed by atoms with E-state index in [0.717, 1.165) is 37.1 Å². The minimum Gasteiger partial charge on any atom is -0.493 e. The van der Waals surface area contributed by atoms with Crippen LogP contribution >= 0.6 is 0 Å². The second kappa shape index (κ2) is 9.64. The van der Waals surface area contributed by atoms with Gasteiger partial charge < -0.3 is 23.9 Å². The molecule has 2 aliphatic carbocycles. The summed E-state index contributed by atoms with van der Waals surface area (Å²) in [6.07, 6.45) is 6.32. The van der Waals surface area contributed by atoms with E-state index in [4.69, 9.17) is 18.6 Å². The van der Waals surface area contributed by atoms with Crippen molar-refractivity contribution in [2.45, 2.75) is 63.4 Å². The Morgan fingerprint density at radius 2 is 1.86 bits per heavy atom. The first kappa shape index (κ1) is 23.3. The number of rotatable bonds is 6. The highest BCUT2D eigenvalue weighted by Gasteiger charge is 2.43. The monoisotopic (exact) mass is 477 g/mol. The summed E-state index contributed by atoms with van der Waals surface area (Å²) in [5.74, 6) is 0.761. The fourth-order valence-corrected chi connectivity index (χ4v) is 5.71. The highest BCUT2D eigenvalue weighted by molar-refractivity contribution is 6.04. The number of carbonyl (C=O) groups excluding carboxylic acids is 2. The van der Waals surface area contributed by atoms with E-state index in [0.29, 0.717) is 46.7 Å². The largest absolute Gasteiger partial charge is 0.493 e. The molecule has 2 atom stereocenters. The SMILES string of the molecule is COc1cccc([C@H]2C(C(=O)OC3CCCC3)=C(C)NC3=C2C(=O)C[C@H](c2ccco2)C3)c1OC. The molecule has 2 aromatic rings. The first-order valence-electron chi connectivity index (χ1n) is 12.2. The van der Waals surface area contributed by atoms with Crippen LogP contribution in [0.2, 0.25) is 0 Å². The van der Waals surface area contributed by atoms with Crippen LogP contribution in [-0.4, -0.2) is 32.1 Å². The molecule has 1 aromatic heterocycles. The van der Waals surface area contributed by atoms with E-state index >= 15 is 0 Å². The number of dihydropyridines is 1. The lowest BCUT2D eigenvalue weighted by Crippen LogP contribution is -2.36. The minimum absolute atomic E-state index is 0.0197. The van der Waals surface area contributed by atoms with Crippen LogP contribution in [0.15, 0.2) is 63.6 Å². The molecule has 1 fully saturated rings. The summed E-state index contributed by atoms with van der Waals surface area (Å²) in [7, 11) is 3.14. The summed E-state index contributed by atoms with van der Waals surface area (Å²) in [5.41, 5.74) is 3.25. The fourth-order valence-electron chi connectivity index (χ4n) is 5.71. The predicted molar refractivity (Wildman–Crippen MR) is 129 cm³/mol. The number of methoxy groups -OCH3 is 2. The van der Waals surface area contributed by atoms with Crippen molar-refractivity contribution >= 4 is 11.8 Å². The van der Waals surface area contributed by atoms with Gasteiger partial charge in [-0.25, -0.2) is 4.79 Å². The summed E-state index contributed by atoms with van der Waals surface area (Å²) >= 11 is 0. The zero-order chi connectivity index (χ0) is 24.5. The average Bonchev–Trinajstić information content (AvgIpc) is 3.57. The smallest absolute Gasteiger partial charge is 0.337 e. The van der Waals surface area contributed by atoms with Crippen molar-refractivity contribution in [1.29, 1.82) is 0 Å². The number of furan rings is 1. The third kappa shape index (κ3) is 4.24. The Labute approximate surface area is 205 Å². The number of hydrogen-bond acceptors (Lipinski definition) is 7. The first-order valence-corrected chi connectivity index (χ1v) is 12.2. The van der Waals surface area contributed by atoms with Gasteiger partial charge in [0, 0.05) is 34.9 Å². The van der Waals surface area contributed by atoms with Crippen molar-refractivity contribution in [2.24, 2.45) is 0 Å². The van der Waals surface area contributed by atoms with E-state index in [1.807, 2.05) is 31.2 Å². The van der Waals surface area contributed by atoms with Crippen molar-refractivity contribution in [3.8, 4) is 11.5 Å². The summed E-state index contributed by atoms with van der Waals surface area (Å²) in [4.78, 5) is 27.3.